The predicted molar refractivity (Wildman–Crippen MR) is 76.9 cm³/mol. The standard InChI is InChI=1S/C15H20N2O2/c1-12-11-13(5-3-9-16)7-8-14(12)17-15(18)6-4-10-19-2/h7-8,11H,4,6,9-10,16H2,1-2H3,(H,17,18). The molecule has 19 heavy (non-hydrogen) atoms. The first-order valence-electron chi connectivity index (χ1n) is 6.25. The second kappa shape index (κ2) is 8.30. The molecule has 4 heteroatoms. The number of rotatable bonds is 5. The SMILES string of the molecule is COCCCC(=O)Nc1ccc(C#CCN)cc1C. The Morgan fingerprint density at radius 2 is 2.26 bits per heavy atom. The van der Waals surface area contributed by atoms with Gasteiger partial charge in [-0.05, 0) is 37.1 Å². The Bertz CT molecular complexity index is 487. The van der Waals surface area contributed by atoms with E-state index in [9.17, 15) is 4.79 Å². The summed E-state index contributed by atoms with van der Waals surface area (Å²) in [5.74, 6) is 5.77. The molecule has 0 spiro atoms. The van der Waals surface area contributed by atoms with Crippen molar-refractivity contribution in [2.45, 2.75) is 19.8 Å². The van der Waals surface area contributed by atoms with Crippen LogP contribution in [-0.4, -0.2) is 26.2 Å². The average molecular weight is 260 g/mol. The minimum Gasteiger partial charge on any atom is -0.385 e. The lowest BCUT2D eigenvalue weighted by Gasteiger charge is -2.08. The van der Waals surface area contributed by atoms with Gasteiger partial charge in [-0.2, -0.15) is 0 Å². The van der Waals surface area contributed by atoms with Gasteiger partial charge < -0.3 is 15.8 Å². The second-order valence-electron chi connectivity index (χ2n) is 4.18. The van der Waals surface area contributed by atoms with Crippen molar-refractivity contribution in [2.24, 2.45) is 5.73 Å². The van der Waals surface area contributed by atoms with Crippen LogP contribution in [0.25, 0.3) is 0 Å². The van der Waals surface area contributed by atoms with Crippen LogP contribution in [0.4, 0.5) is 5.69 Å². The number of aryl methyl sites for hydroxylation is 1. The predicted octanol–water partition coefficient (Wildman–Crippen LogP) is 1.67. The first-order valence-corrected chi connectivity index (χ1v) is 6.25. The fourth-order valence-corrected chi connectivity index (χ4v) is 1.62. The third-order valence-corrected chi connectivity index (χ3v) is 2.59. The first kappa shape index (κ1) is 15.2. The van der Waals surface area contributed by atoms with Gasteiger partial charge in [-0.25, -0.2) is 0 Å². The average Bonchev–Trinajstić information content (AvgIpc) is 2.39. The van der Waals surface area contributed by atoms with Crippen LogP contribution >= 0.6 is 0 Å². The maximum absolute atomic E-state index is 11.7. The van der Waals surface area contributed by atoms with Crippen LogP contribution in [-0.2, 0) is 9.53 Å². The summed E-state index contributed by atoms with van der Waals surface area (Å²) < 4.78 is 4.91. The molecule has 1 rings (SSSR count). The molecule has 0 fully saturated rings. The largest absolute Gasteiger partial charge is 0.385 e. The molecule has 0 aliphatic heterocycles. The zero-order chi connectivity index (χ0) is 14.1. The summed E-state index contributed by atoms with van der Waals surface area (Å²) in [6, 6.07) is 5.68. The number of anilines is 1. The summed E-state index contributed by atoms with van der Waals surface area (Å²) in [5.41, 5.74) is 8.04. The van der Waals surface area contributed by atoms with Gasteiger partial charge in [-0.15, -0.1) is 0 Å². The Labute approximate surface area is 114 Å². The van der Waals surface area contributed by atoms with Crippen molar-refractivity contribution in [3.63, 3.8) is 0 Å². The first-order chi connectivity index (χ1) is 9.17. The number of benzene rings is 1. The molecule has 0 saturated heterocycles. The van der Waals surface area contributed by atoms with Crippen molar-refractivity contribution >= 4 is 11.6 Å². The van der Waals surface area contributed by atoms with Crippen molar-refractivity contribution in [3.05, 3.63) is 29.3 Å². The Morgan fingerprint density at radius 3 is 2.89 bits per heavy atom. The molecule has 4 nitrogen and oxygen atoms in total. The molecule has 0 unspecified atom stereocenters. The molecule has 0 aromatic heterocycles. The molecule has 0 aliphatic carbocycles. The molecule has 0 saturated carbocycles. The number of nitrogens with two attached hydrogens (primary N) is 1. The fraction of sp³-hybridized carbons (Fsp3) is 0.400. The molecule has 1 aromatic carbocycles. The van der Waals surface area contributed by atoms with E-state index in [1.165, 1.54) is 0 Å². The second-order valence-corrected chi connectivity index (χ2v) is 4.18. The topological polar surface area (TPSA) is 64.3 Å². The summed E-state index contributed by atoms with van der Waals surface area (Å²) in [6.07, 6.45) is 1.18. The summed E-state index contributed by atoms with van der Waals surface area (Å²) in [6.45, 7) is 2.88. The van der Waals surface area contributed by atoms with E-state index in [4.69, 9.17) is 10.5 Å². The monoisotopic (exact) mass is 260 g/mol. The number of ether oxygens (including phenoxy) is 1. The molecule has 0 heterocycles. The number of hydrogen-bond donors (Lipinski definition) is 2. The Morgan fingerprint density at radius 1 is 1.47 bits per heavy atom. The van der Waals surface area contributed by atoms with E-state index < -0.39 is 0 Å². The summed E-state index contributed by atoms with van der Waals surface area (Å²) in [5, 5.41) is 2.89. The van der Waals surface area contributed by atoms with Crippen LogP contribution in [0.1, 0.15) is 24.0 Å². The molecular formula is C15H20N2O2. The van der Waals surface area contributed by atoms with E-state index in [2.05, 4.69) is 17.2 Å². The lowest BCUT2D eigenvalue weighted by molar-refractivity contribution is -0.116. The number of nitrogens with one attached hydrogen (secondary N) is 1. The van der Waals surface area contributed by atoms with Crippen LogP contribution < -0.4 is 11.1 Å². The summed E-state index contributed by atoms with van der Waals surface area (Å²) in [4.78, 5) is 11.7. The Balaban J connectivity index is 2.62. The zero-order valence-corrected chi connectivity index (χ0v) is 11.5. The Hall–Kier alpha value is -1.83. The maximum atomic E-state index is 11.7. The highest BCUT2D eigenvalue weighted by Gasteiger charge is 2.04. The lowest BCUT2D eigenvalue weighted by atomic mass is 10.1. The molecule has 0 radical (unpaired) electrons. The van der Waals surface area contributed by atoms with Crippen LogP contribution in [0.15, 0.2) is 18.2 Å². The molecule has 0 bridgehead atoms. The van der Waals surface area contributed by atoms with Gasteiger partial charge in [0.1, 0.15) is 0 Å². The van der Waals surface area contributed by atoms with Crippen molar-refractivity contribution < 1.29 is 9.53 Å². The number of hydrogen-bond acceptors (Lipinski definition) is 3. The number of carbonyl (C=O) groups is 1. The van der Waals surface area contributed by atoms with Gasteiger partial charge in [0.05, 0.1) is 6.54 Å². The van der Waals surface area contributed by atoms with E-state index in [1.54, 1.807) is 7.11 Å². The van der Waals surface area contributed by atoms with Crippen LogP contribution in [0, 0.1) is 18.8 Å². The lowest BCUT2D eigenvalue weighted by Crippen LogP contribution is -2.13. The van der Waals surface area contributed by atoms with Crippen molar-refractivity contribution in [3.8, 4) is 11.8 Å². The molecule has 0 atom stereocenters. The molecular weight excluding hydrogens is 240 g/mol. The highest BCUT2D eigenvalue weighted by Crippen LogP contribution is 2.16. The van der Waals surface area contributed by atoms with Crippen molar-refractivity contribution in [2.75, 3.05) is 25.6 Å². The van der Waals surface area contributed by atoms with Crippen molar-refractivity contribution in [1.82, 2.24) is 0 Å². The molecule has 0 aliphatic rings. The minimum absolute atomic E-state index is 0.000873. The zero-order valence-electron chi connectivity index (χ0n) is 11.5. The van der Waals surface area contributed by atoms with E-state index in [0.717, 1.165) is 23.2 Å². The van der Waals surface area contributed by atoms with Crippen LogP contribution in [0.2, 0.25) is 0 Å². The fourth-order valence-electron chi connectivity index (χ4n) is 1.62. The van der Waals surface area contributed by atoms with Gasteiger partial charge in [0.25, 0.3) is 0 Å². The summed E-state index contributed by atoms with van der Waals surface area (Å²) in [7, 11) is 1.63. The maximum Gasteiger partial charge on any atom is 0.224 e. The van der Waals surface area contributed by atoms with Gasteiger partial charge in [-0.1, -0.05) is 11.8 Å². The minimum atomic E-state index is 0.000873. The third-order valence-electron chi connectivity index (χ3n) is 2.59. The van der Waals surface area contributed by atoms with E-state index >= 15 is 0 Å². The highest BCUT2D eigenvalue weighted by atomic mass is 16.5. The van der Waals surface area contributed by atoms with Gasteiger partial charge in [0.2, 0.25) is 5.91 Å². The normalized spacial score (nSPS) is 9.63. The Kier molecular flexibility index (Phi) is 6.65. The quantitative estimate of drug-likeness (QED) is 0.625. The molecule has 1 amide bonds. The van der Waals surface area contributed by atoms with Crippen molar-refractivity contribution in [1.29, 1.82) is 0 Å². The van der Waals surface area contributed by atoms with Crippen LogP contribution in [0.3, 0.4) is 0 Å². The van der Waals surface area contributed by atoms with E-state index in [0.29, 0.717) is 19.6 Å². The van der Waals surface area contributed by atoms with Gasteiger partial charge in [0, 0.05) is 31.4 Å². The summed E-state index contributed by atoms with van der Waals surface area (Å²) >= 11 is 0. The van der Waals surface area contributed by atoms with E-state index in [-0.39, 0.29) is 5.91 Å². The molecule has 1 aromatic rings. The molecule has 102 valence electrons. The van der Waals surface area contributed by atoms with Gasteiger partial charge in [0.15, 0.2) is 0 Å². The van der Waals surface area contributed by atoms with Gasteiger partial charge >= 0.3 is 0 Å². The third kappa shape index (κ3) is 5.56. The van der Waals surface area contributed by atoms with Crippen LogP contribution in [0.5, 0.6) is 0 Å². The number of amides is 1. The van der Waals surface area contributed by atoms with Gasteiger partial charge in [-0.3, -0.25) is 4.79 Å². The highest BCUT2D eigenvalue weighted by molar-refractivity contribution is 5.91. The number of methoxy groups -OCH3 is 1. The smallest absolute Gasteiger partial charge is 0.224 e. The molecule has 3 N–H and O–H groups in total. The van der Waals surface area contributed by atoms with E-state index in [1.807, 2.05) is 25.1 Å². The number of carbonyl (C=O) groups excluding carboxylic acids is 1.